The van der Waals surface area contributed by atoms with Crippen molar-refractivity contribution in [2.24, 2.45) is 5.92 Å². The molecule has 152 valence electrons. The van der Waals surface area contributed by atoms with E-state index in [9.17, 15) is 4.79 Å². The molecule has 0 aliphatic heterocycles. The first-order valence-electron chi connectivity index (χ1n) is 11.1. The Bertz CT molecular complexity index is 691. The lowest BCUT2D eigenvalue weighted by molar-refractivity contribution is 0.0963. The summed E-state index contributed by atoms with van der Waals surface area (Å²) in [5.41, 5.74) is 3.73. The molecule has 1 atom stereocenters. The Hall–Kier alpha value is -2.03. The van der Waals surface area contributed by atoms with Gasteiger partial charge < -0.3 is 0 Å². The molecule has 1 unspecified atom stereocenters. The number of carbonyl (C=O) groups excluding carboxylic acids is 1. The van der Waals surface area contributed by atoms with Crippen molar-refractivity contribution in [1.29, 1.82) is 0 Å². The summed E-state index contributed by atoms with van der Waals surface area (Å²) >= 11 is 0. The van der Waals surface area contributed by atoms with Gasteiger partial charge in [-0.05, 0) is 18.8 Å². The zero-order valence-electron chi connectivity index (χ0n) is 17.9. The summed E-state index contributed by atoms with van der Waals surface area (Å²) in [7, 11) is 0. The number of nitrogens with zero attached hydrogens (tertiary/aromatic N) is 2. The molecule has 2 aromatic rings. The van der Waals surface area contributed by atoms with Gasteiger partial charge in [0.25, 0.3) is 0 Å². The first kappa shape index (κ1) is 22.3. The van der Waals surface area contributed by atoms with Gasteiger partial charge in [0.15, 0.2) is 5.78 Å². The molecular weight excluding hydrogens is 344 g/mol. The highest BCUT2D eigenvalue weighted by Gasteiger charge is 2.10. The second-order valence-electron chi connectivity index (χ2n) is 7.98. The zero-order valence-corrected chi connectivity index (χ0v) is 17.9. The number of Topliss-reactive ketones (excluding diaryl/α,β-unsaturated/α-hetero) is 1. The zero-order chi connectivity index (χ0) is 20.2. The van der Waals surface area contributed by atoms with Crippen LogP contribution in [0.3, 0.4) is 0 Å². The van der Waals surface area contributed by atoms with Gasteiger partial charge in [0.2, 0.25) is 0 Å². The Kier molecular flexibility index (Phi) is 9.88. The Labute approximate surface area is 171 Å². The van der Waals surface area contributed by atoms with Gasteiger partial charge in [-0.2, -0.15) is 0 Å². The Morgan fingerprint density at radius 3 is 2.18 bits per heavy atom. The second-order valence-corrected chi connectivity index (χ2v) is 7.98. The average molecular weight is 381 g/mol. The van der Waals surface area contributed by atoms with E-state index < -0.39 is 0 Å². The fraction of sp³-hybridized carbons (Fsp3) is 0.560. The van der Waals surface area contributed by atoms with Crippen molar-refractivity contribution in [2.45, 2.75) is 85.0 Å². The van der Waals surface area contributed by atoms with Crippen molar-refractivity contribution in [1.82, 2.24) is 9.97 Å². The van der Waals surface area contributed by atoms with Crippen LogP contribution in [0.4, 0.5) is 0 Å². The lowest BCUT2D eigenvalue weighted by Crippen LogP contribution is -2.05. The van der Waals surface area contributed by atoms with E-state index in [0.29, 0.717) is 12.3 Å². The molecule has 1 heterocycles. The first-order valence-corrected chi connectivity index (χ1v) is 11.1. The van der Waals surface area contributed by atoms with E-state index in [1.807, 2.05) is 36.7 Å². The molecule has 1 aromatic heterocycles. The lowest BCUT2D eigenvalue weighted by atomic mass is 9.97. The smallest absolute Gasteiger partial charge is 0.163 e. The van der Waals surface area contributed by atoms with Crippen LogP contribution >= 0.6 is 0 Å². The van der Waals surface area contributed by atoms with Gasteiger partial charge in [-0.15, -0.1) is 0 Å². The number of unbranched alkanes of at least 4 members (excludes halogenated alkanes) is 6. The SMILES string of the molecule is CCCCCCCCCc1cnc(-c2ccc(C(=O)CC(C)CC)cc2)cn1. The summed E-state index contributed by atoms with van der Waals surface area (Å²) in [6, 6.07) is 7.77. The Morgan fingerprint density at radius 2 is 1.57 bits per heavy atom. The summed E-state index contributed by atoms with van der Waals surface area (Å²) in [6.45, 7) is 6.50. The minimum absolute atomic E-state index is 0.219. The molecule has 0 aliphatic rings. The maximum Gasteiger partial charge on any atom is 0.163 e. The molecule has 3 heteroatoms. The van der Waals surface area contributed by atoms with Gasteiger partial charge in [0.05, 0.1) is 17.6 Å². The number of carbonyl (C=O) groups is 1. The molecular formula is C25H36N2O. The van der Waals surface area contributed by atoms with Crippen LogP contribution in [0.5, 0.6) is 0 Å². The third-order valence-corrected chi connectivity index (χ3v) is 5.48. The highest BCUT2D eigenvalue weighted by atomic mass is 16.1. The average Bonchev–Trinajstić information content (AvgIpc) is 2.73. The van der Waals surface area contributed by atoms with Gasteiger partial charge in [-0.3, -0.25) is 14.8 Å². The van der Waals surface area contributed by atoms with Crippen molar-refractivity contribution in [2.75, 3.05) is 0 Å². The molecule has 0 spiro atoms. The van der Waals surface area contributed by atoms with Crippen LogP contribution < -0.4 is 0 Å². The van der Waals surface area contributed by atoms with E-state index in [-0.39, 0.29) is 5.78 Å². The molecule has 28 heavy (non-hydrogen) atoms. The predicted molar refractivity (Wildman–Crippen MR) is 118 cm³/mol. The van der Waals surface area contributed by atoms with Crippen LogP contribution in [0.1, 0.15) is 94.6 Å². The summed E-state index contributed by atoms with van der Waals surface area (Å²) < 4.78 is 0. The largest absolute Gasteiger partial charge is 0.294 e. The molecule has 0 amide bonds. The summed E-state index contributed by atoms with van der Waals surface area (Å²) in [4.78, 5) is 21.4. The summed E-state index contributed by atoms with van der Waals surface area (Å²) in [5.74, 6) is 0.652. The maximum absolute atomic E-state index is 12.3. The van der Waals surface area contributed by atoms with Gasteiger partial charge in [-0.25, -0.2) is 0 Å². The number of hydrogen-bond acceptors (Lipinski definition) is 3. The normalized spacial score (nSPS) is 12.1. The first-order chi connectivity index (χ1) is 13.6. The number of ketones is 1. The van der Waals surface area contributed by atoms with E-state index in [4.69, 9.17) is 0 Å². The number of hydrogen-bond donors (Lipinski definition) is 0. The minimum atomic E-state index is 0.219. The van der Waals surface area contributed by atoms with Gasteiger partial charge in [-0.1, -0.05) is 90.0 Å². The van der Waals surface area contributed by atoms with Gasteiger partial charge >= 0.3 is 0 Å². The molecule has 0 N–H and O–H groups in total. The van der Waals surface area contributed by atoms with Crippen LogP contribution in [0.15, 0.2) is 36.7 Å². The molecule has 0 saturated heterocycles. The molecule has 3 nitrogen and oxygen atoms in total. The van der Waals surface area contributed by atoms with Crippen LogP contribution in [0.25, 0.3) is 11.3 Å². The lowest BCUT2D eigenvalue weighted by Gasteiger charge is -2.08. The fourth-order valence-electron chi connectivity index (χ4n) is 3.30. The van der Waals surface area contributed by atoms with Crippen molar-refractivity contribution >= 4 is 5.78 Å². The quantitative estimate of drug-likeness (QED) is 0.276. The van der Waals surface area contributed by atoms with E-state index >= 15 is 0 Å². The number of aromatic nitrogens is 2. The predicted octanol–water partition coefficient (Wildman–Crippen LogP) is 7.06. The van der Waals surface area contributed by atoms with E-state index in [1.54, 1.807) is 0 Å². The Balaban J connectivity index is 1.81. The third kappa shape index (κ3) is 7.53. The number of aryl methyl sites for hydroxylation is 1. The summed E-state index contributed by atoms with van der Waals surface area (Å²) in [6.07, 6.45) is 15.6. The van der Waals surface area contributed by atoms with Crippen LogP contribution in [-0.4, -0.2) is 15.8 Å². The second kappa shape index (κ2) is 12.4. The van der Waals surface area contributed by atoms with Crippen molar-refractivity contribution in [3.05, 3.63) is 47.9 Å². The van der Waals surface area contributed by atoms with Crippen molar-refractivity contribution in [3.63, 3.8) is 0 Å². The van der Waals surface area contributed by atoms with Gasteiger partial charge in [0.1, 0.15) is 0 Å². The van der Waals surface area contributed by atoms with Gasteiger partial charge in [0, 0.05) is 23.7 Å². The molecule has 0 radical (unpaired) electrons. The van der Waals surface area contributed by atoms with E-state index in [2.05, 4.69) is 30.7 Å². The van der Waals surface area contributed by atoms with E-state index in [0.717, 1.165) is 35.4 Å². The number of rotatable bonds is 13. The van der Waals surface area contributed by atoms with Crippen LogP contribution in [-0.2, 0) is 6.42 Å². The highest BCUT2D eigenvalue weighted by Crippen LogP contribution is 2.19. The van der Waals surface area contributed by atoms with Crippen molar-refractivity contribution in [3.8, 4) is 11.3 Å². The molecule has 0 aliphatic carbocycles. The summed E-state index contributed by atoms with van der Waals surface area (Å²) in [5, 5.41) is 0. The molecule has 0 fully saturated rings. The number of benzene rings is 1. The van der Waals surface area contributed by atoms with E-state index in [1.165, 1.54) is 44.9 Å². The molecule has 0 saturated carbocycles. The molecule has 1 aromatic carbocycles. The topological polar surface area (TPSA) is 42.9 Å². The van der Waals surface area contributed by atoms with Crippen LogP contribution in [0, 0.1) is 5.92 Å². The standard InChI is InChI=1S/C25H36N2O/c1-4-6-7-8-9-10-11-12-23-18-27-24(19-26-23)21-13-15-22(16-14-21)25(28)17-20(3)5-2/h13-16,18-20H,4-12,17H2,1-3H3. The highest BCUT2D eigenvalue weighted by molar-refractivity contribution is 5.96. The maximum atomic E-state index is 12.3. The van der Waals surface area contributed by atoms with Crippen LogP contribution in [0.2, 0.25) is 0 Å². The molecule has 2 rings (SSSR count). The Morgan fingerprint density at radius 1 is 0.893 bits per heavy atom. The monoisotopic (exact) mass is 380 g/mol. The molecule has 0 bridgehead atoms. The fourth-order valence-corrected chi connectivity index (χ4v) is 3.30. The van der Waals surface area contributed by atoms with Crippen molar-refractivity contribution < 1.29 is 4.79 Å². The third-order valence-electron chi connectivity index (χ3n) is 5.48. The minimum Gasteiger partial charge on any atom is -0.294 e.